The maximum absolute atomic E-state index is 12.0. The lowest BCUT2D eigenvalue weighted by molar-refractivity contribution is 0.0934. The number of aromatic nitrogens is 1. The molecule has 2 rings (SSSR count). The fraction of sp³-hybridized carbons (Fsp3) is 0.267. The molecule has 1 aromatic heterocycles. The van der Waals surface area contributed by atoms with Crippen molar-refractivity contribution in [1.82, 2.24) is 10.3 Å². The van der Waals surface area contributed by atoms with Gasteiger partial charge in [0.05, 0.1) is 11.6 Å². The number of carbonyl (C=O) groups is 1. The number of amides is 1. The summed E-state index contributed by atoms with van der Waals surface area (Å²) in [6, 6.07) is 10.4. The molecule has 4 heteroatoms. The maximum Gasteiger partial charge on any atom is 0.270 e. The van der Waals surface area contributed by atoms with Crippen molar-refractivity contribution >= 4 is 23.1 Å². The van der Waals surface area contributed by atoms with Gasteiger partial charge in [-0.15, -0.1) is 0 Å². The summed E-state index contributed by atoms with van der Waals surface area (Å²) >= 11 is 0. The van der Waals surface area contributed by atoms with Gasteiger partial charge in [0.25, 0.3) is 5.91 Å². The van der Waals surface area contributed by atoms with E-state index in [0.29, 0.717) is 5.69 Å². The second-order valence-electron chi connectivity index (χ2n) is 4.70. The van der Waals surface area contributed by atoms with E-state index in [2.05, 4.69) is 10.3 Å². The van der Waals surface area contributed by atoms with E-state index in [0.717, 1.165) is 10.9 Å². The van der Waals surface area contributed by atoms with Gasteiger partial charge < -0.3 is 5.32 Å². The van der Waals surface area contributed by atoms with E-state index in [-0.39, 0.29) is 11.8 Å². The molecule has 0 aliphatic rings. The van der Waals surface area contributed by atoms with Gasteiger partial charge >= 0.3 is 0 Å². The van der Waals surface area contributed by atoms with E-state index in [1.165, 1.54) is 0 Å². The first-order chi connectivity index (χ1) is 9.11. The van der Waals surface area contributed by atoms with Gasteiger partial charge in [-0.2, -0.15) is 0 Å². The molecule has 0 aliphatic carbocycles. The summed E-state index contributed by atoms with van der Waals surface area (Å²) in [5.41, 5.74) is 1.06. The highest BCUT2D eigenvalue weighted by Crippen LogP contribution is 2.12. The summed E-state index contributed by atoms with van der Waals surface area (Å²) in [6.45, 7) is 3.70. The highest BCUT2D eigenvalue weighted by atomic mass is 16.2. The van der Waals surface area contributed by atoms with Crippen molar-refractivity contribution in [2.24, 2.45) is 5.92 Å². The van der Waals surface area contributed by atoms with Gasteiger partial charge in [0.1, 0.15) is 5.69 Å². The Labute approximate surface area is 111 Å². The van der Waals surface area contributed by atoms with Crippen molar-refractivity contribution in [3.05, 3.63) is 42.1 Å². The van der Waals surface area contributed by atoms with Crippen molar-refractivity contribution in [1.29, 1.82) is 0 Å². The first-order valence-electron chi connectivity index (χ1n) is 6.16. The Balaban J connectivity index is 2.24. The minimum atomic E-state index is -0.610. The van der Waals surface area contributed by atoms with Crippen molar-refractivity contribution in [2.75, 3.05) is 0 Å². The summed E-state index contributed by atoms with van der Waals surface area (Å²) in [4.78, 5) is 27.1. The Bertz CT molecular complexity index is 608. The quantitative estimate of drug-likeness (QED) is 0.910. The molecule has 1 atom stereocenters. The van der Waals surface area contributed by atoms with Crippen LogP contribution in [0.1, 0.15) is 24.3 Å². The number of fused-ring (bicyclic) bond motifs is 1. The lowest BCUT2D eigenvalue weighted by Gasteiger charge is -2.15. The van der Waals surface area contributed by atoms with E-state index in [4.69, 9.17) is 0 Å². The number of pyridine rings is 1. The summed E-state index contributed by atoms with van der Waals surface area (Å²) in [5.74, 6) is -0.352. The fourth-order valence-electron chi connectivity index (χ4n) is 1.74. The van der Waals surface area contributed by atoms with Crippen LogP contribution in [-0.2, 0) is 4.79 Å². The fourth-order valence-corrected chi connectivity index (χ4v) is 1.74. The molecule has 4 nitrogen and oxygen atoms in total. The zero-order chi connectivity index (χ0) is 13.8. The number of rotatable bonds is 4. The number of para-hydroxylation sites is 1. The molecule has 2 aromatic rings. The highest BCUT2D eigenvalue weighted by molar-refractivity contribution is 5.96. The molecule has 1 aromatic carbocycles. The molecule has 0 fully saturated rings. The van der Waals surface area contributed by atoms with Crippen LogP contribution >= 0.6 is 0 Å². The highest BCUT2D eigenvalue weighted by Gasteiger charge is 2.17. The molecule has 19 heavy (non-hydrogen) atoms. The molecule has 0 unspecified atom stereocenters. The van der Waals surface area contributed by atoms with Crippen molar-refractivity contribution < 1.29 is 9.59 Å². The van der Waals surface area contributed by atoms with Gasteiger partial charge in [0.2, 0.25) is 6.29 Å². The molecular formula is C15H15N2O2. The third kappa shape index (κ3) is 2.96. The Morgan fingerprint density at radius 2 is 1.95 bits per heavy atom. The van der Waals surface area contributed by atoms with Gasteiger partial charge in [-0.05, 0) is 18.1 Å². The third-order valence-corrected chi connectivity index (χ3v) is 2.91. The normalized spacial score (nSPS) is 12.4. The number of carbonyl (C=O) groups excluding carboxylic acids is 2. The van der Waals surface area contributed by atoms with Gasteiger partial charge in [0, 0.05) is 5.39 Å². The number of benzene rings is 1. The maximum atomic E-state index is 12.0. The second kappa shape index (κ2) is 5.61. The van der Waals surface area contributed by atoms with Gasteiger partial charge in [-0.25, -0.2) is 4.98 Å². The Morgan fingerprint density at radius 3 is 2.63 bits per heavy atom. The van der Waals surface area contributed by atoms with Crippen LogP contribution < -0.4 is 5.32 Å². The molecule has 0 saturated heterocycles. The number of nitrogens with zero attached hydrogens (tertiary/aromatic N) is 1. The zero-order valence-corrected chi connectivity index (χ0v) is 10.9. The largest absolute Gasteiger partial charge is 0.340 e. The second-order valence-corrected chi connectivity index (χ2v) is 4.70. The number of nitrogens with one attached hydrogen (secondary N) is 1. The van der Waals surface area contributed by atoms with Crippen molar-refractivity contribution in [3.63, 3.8) is 0 Å². The van der Waals surface area contributed by atoms with E-state index in [9.17, 15) is 9.59 Å². The number of hydrogen-bond acceptors (Lipinski definition) is 3. The van der Waals surface area contributed by atoms with Gasteiger partial charge in [-0.3, -0.25) is 9.59 Å². The van der Waals surface area contributed by atoms with Crippen molar-refractivity contribution in [3.8, 4) is 0 Å². The average Bonchev–Trinajstić information content (AvgIpc) is 2.43. The molecule has 0 spiro atoms. The topological polar surface area (TPSA) is 59.1 Å². The smallest absolute Gasteiger partial charge is 0.270 e. The molecule has 1 radical (unpaired) electrons. The lowest BCUT2D eigenvalue weighted by atomic mass is 10.1. The van der Waals surface area contributed by atoms with Crippen LogP contribution in [0, 0.1) is 5.92 Å². The molecular weight excluding hydrogens is 240 g/mol. The summed E-state index contributed by atoms with van der Waals surface area (Å²) in [6.07, 6.45) is 1.83. The summed E-state index contributed by atoms with van der Waals surface area (Å²) in [7, 11) is 0. The van der Waals surface area contributed by atoms with Crippen LogP contribution in [0.4, 0.5) is 0 Å². The lowest BCUT2D eigenvalue weighted by Crippen LogP contribution is -2.39. The zero-order valence-electron chi connectivity index (χ0n) is 10.9. The van der Waals surface area contributed by atoms with E-state index >= 15 is 0 Å². The SMILES string of the molecule is CC(C)[C@@H]([C]=O)NC(=O)c1ccc2ccccc2n1. The monoisotopic (exact) mass is 255 g/mol. The third-order valence-electron chi connectivity index (χ3n) is 2.91. The Morgan fingerprint density at radius 1 is 1.21 bits per heavy atom. The van der Waals surface area contributed by atoms with Gasteiger partial charge in [-0.1, -0.05) is 38.1 Å². The minimum Gasteiger partial charge on any atom is -0.340 e. The first-order valence-corrected chi connectivity index (χ1v) is 6.16. The molecule has 97 valence electrons. The predicted octanol–water partition coefficient (Wildman–Crippen LogP) is 2.10. The molecule has 1 amide bonds. The Kier molecular flexibility index (Phi) is 3.90. The van der Waals surface area contributed by atoms with Gasteiger partial charge in [0.15, 0.2) is 0 Å². The molecule has 1 N–H and O–H groups in total. The van der Waals surface area contributed by atoms with Crippen LogP contribution in [0.3, 0.4) is 0 Å². The molecule has 1 heterocycles. The van der Waals surface area contributed by atoms with E-state index < -0.39 is 6.04 Å². The first kappa shape index (κ1) is 13.2. The predicted molar refractivity (Wildman–Crippen MR) is 73.5 cm³/mol. The molecule has 0 aliphatic heterocycles. The minimum absolute atomic E-state index is 0.00177. The van der Waals surface area contributed by atoms with E-state index in [1.807, 2.05) is 50.5 Å². The van der Waals surface area contributed by atoms with Crippen LogP contribution in [0.5, 0.6) is 0 Å². The average molecular weight is 255 g/mol. The number of hydrogen-bond donors (Lipinski definition) is 1. The molecule has 0 saturated carbocycles. The van der Waals surface area contributed by atoms with Crippen LogP contribution in [0.25, 0.3) is 10.9 Å². The Hall–Kier alpha value is -2.23. The van der Waals surface area contributed by atoms with Crippen LogP contribution in [0.15, 0.2) is 36.4 Å². The van der Waals surface area contributed by atoms with Crippen molar-refractivity contribution in [2.45, 2.75) is 19.9 Å². The van der Waals surface area contributed by atoms with E-state index in [1.54, 1.807) is 6.07 Å². The standard InChI is InChI=1S/C15H15N2O2/c1-10(2)14(9-18)17-15(19)13-8-7-11-5-3-4-6-12(11)16-13/h3-8,10,14H,1-2H3,(H,17,19)/t14-/m1/s1. The van der Waals surface area contributed by atoms with Crippen LogP contribution in [0.2, 0.25) is 0 Å². The summed E-state index contributed by atoms with van der Waals surface area (Å²) < 4.78 is 0. The van der Waals surface area contributed by atoms with Crippen LogP contribution in [-0.4, -0.2) is 23.2 Å². The summed E-state index contributed by atoms with van der Waals surface area (Å²) in [5, 5.41) is 3.60. The molecule has 0 bridgehead atoms.